The molecular weight excluding hydrogens is 314 g/mol. The van der Waals surface area contributed by atoms with Gasteiger partial charge in [0.2, 0.25) is 5.91 Å². The van der Waals surface area contributed by atoms with Crippen molar-refractivity contribution in [3.05, 3.63) is 59.7 Å². The van der Waals surface area contributed by atoms with E-state index in [1.807, 2.05) is 55.5 Å². The summed E-state index contributed by atoms with van der Waals surface area (Å²) in [6.07, 6.45) is 1.52. The highest BCUT2D eigenvalue weighted by atomic mass is 16.2. The zero-order valence-electron chi connectivity index (χ0n) is 14.7. The minimum atomic E-state index is -0.162. The summed E-state index contributed by atoms with van der Waals surface area (Å²) in [5, 5.41) is 2.89. The van der Waals surface area contributed by atoms with E-state index in [2.05, 4.69) is 5.32 Å². The molecule has 0 bridgehead atoms. The van der Waals surface area contributed by atoms with Crippen molar-refractivity contribution in [1.29, 1.82) is 0 Å². The number of aryl methyl sites for hydroxylation is 1. The van der Waals surface area contributed by atoms with E-state index in [-0.39, 0.29) is 11.9 Å². The molecule has 0 radical (unpaired) electrons. The molecule has 1 aliphatic heterocycles. The van der Waals surface area contributed by atoms with E-state index in [1.165, 1.54) is 5.56 Å². The summed E-state index contributed by atoms with van der Waals surface area (Å²) in [4.78, 5) is 27.5. The summed E-state index contributed by atoms with van der Waals surface area (Å²) in [5.74, 6) is 0.162. The van der Waals surface area contributed by atoms with Crippen molar-refractivity contribution in [2.45, 2.75) is 26.3 Å². The second-order valence-electron chi connectivity index (χ2n) is 6.47. The highest BCUT2D eigenvalue weighted by Crippen LogP contribution is 2.23. The van der Waals surface area contributed by atoms with Crippen molar-refractivity contribution in [3.63, 3.8) is 0 Å². The van der Waals surface area contributed by atoms with E-state index in [9.17, 15) is 9.59 Å². The lowest BCUT2D eigenvalue weighted by molar-refractivity contribution is -0.117. The molecule has 0 aromatic heterocycles. The van der Waals surface area contributed by atoms with Gasteiger partial charge in [0.15, 0.2) is 0 Å². The molecule has 3 amide bonds. The quantitative estimate of drug-likeness (QED) is 0.923. The molecule has 0 aliphatic carbocycles. The van der Waals surface area contributed by atoms with Crippen LogP contribution in [0.25, 0.3) is 0 Å². The van der Waals surface area contributed by atoms with Gasteiger partial charge in [0.25, 0.3) is 0 Å². The summed E-state index contributed by atoms with van der Waals surface area (Å²) in [7, 11) is 1.77. The Morgan fingerprint density at radius 2 is 1.80 bits per heavy atom. The molecule has 5 nitrogen and oxygen atoms in total. The predicted octanol–water partition coefficient (Wildman–Crippen LogP) is 3.79. The van der Waals surface area contributed by atoms with Gasteiger partial charge in [-0.05, 0) is 43.2 Å². The SMILES string of the molecule is Cc1ccc(CN(C)C(=O)Nc2ccc(N3CCCC3=O)cc2)cc1. The second kappa shape index (κ2) is 7.38. The molecule has 5 heteroatoms. The number of rotatable bonds is 4. The summed E-state index contributed by atoms with van der Waals surface area (Å²) in [5.41, 5.74) is 3.89. The molecule has 0 atom stereocenters. The summed E-state index contributed by atoms with van der Waals surface area (Å²) >= 11 is 0. The van der Waals surface area contributed by atoms with Crippen molar-refractivity contribution < 1.29 is 9.59 Å². The number of nitrogens with zero attached hydrogens (tertiary/aromatic N) is 2. The first-order chi connectivity index (χ1) is 12.0. The predicted molar refractivity (Wildman–Crippen MR) is 99.7 cm³/mol. The van der Waals surface area contributed by atoms with Gasteiger partial charge in [0.05, 0.1) is 0 Å². The van der Waals surface area contributed by atoms with Crippen LogP contribution in [0.5, 0.6) is 0 Å². The Balaban J connectivity index is 1.58. The van der Waals surface area contributed by atoms with E-state index in [0.29, 0.717) is 13.0 Å². The third-order valence-corrected chi connectivity index (χ3v) is 4.39. The van der Waals surface area contributed by atoms with E-state index < -0.39 is 0 Å². The smallest absolute Gasteiger partial charge is 0.321 e. The van der Waals surface area contributed by atoms with E-state index in [4.69, 9.17) is 0 Å². The van der Waals surface area contributed by atoms with Crippen LogP contribution < -0.4 is 10.2 Å². The van der Waals surface area contributed by atoms with Crippen LogP contribution in [0.3, 0.4) is 0 Å². The van der Waals surface area contributed by atoms with Gasteiger partial charge in [0, 0.05) is 37.9 Å². The van der Waals surface area contributed by atoms with Gasteiger partial charge in [-0.15, -0.1) is 0 Å². The monoisotopic (exact) mass is 337 g/mol. The summed E-state index contributed by atoms with van der Waals surface area (Å²) in [6, 6.07) is 15.4. The third-order valence-electron chi connectivity index (χ3n) is 4.39. The van der Waals surface area contributed by atoms with Crippen LogP contribution in [0.1, 0.15) is 24.0 Å². The molecule has 1 saturated heterocycles. The van der Waals surface area contributed by atoms with Crippen LogP contribution in [-0.4, -0.2) is 30.4 Å². The first kappa shape index (κ1) is 17.0. The molecule has 25 heavy (non-hydrogen) atoms. The number of carbonyl (C=O) groups excluding carboxylic acids is 2. The molecule has 130 valence electrons. The van der Waals surface area contributed by atoms with Gasteiger partial charge in [-0.2, -0.15) is 0 Å². The number of nitrogens with one attached hydrogen (secondary N) is 1. The minimum Gasteiger partial charge on any atom is -0.323 e. The topological polar surface area (TPSA) is 52.7 Å². The van der Waals surface area contributed by atoms with E-state index in [0.717, 1.165) is 29.9 Å². The second-order valence-corrected chi connectivity index (χ2v) is 6.47. The Kier molecular flexibility index (Phi) is 5.03. The standard InChI is InChI=1S/C20H23N3O2/c1-15-5-7-16(8-6-15)14-22(2)20(25)21-17-9-11-18(12-10-17)23-13-3-4-19(23)24/h5-12H,3-4,13-14H2,1-2H3,(H,21,25). The molecular formula is C20H23N3O2. The van der Waals surface area contributed by atoms with Gasteiger partial charge in [-0.3, -0.25) is 4.79 Å². The molecule has 1 heterocycles. The van der Waals surface area contributed by atoms with Gasteiger partial charge >= 0.3 is 6.03 Å². The minimum absolute atomic E-state index is 0.162. The Bertz CT molecular complexity index is 754. The van der Waals surface area contributed by atoms with Crippen molar-refractivity contribution >= 4 is 23.3 Å². The van der Waals surface area contributed by atoms with Crippen LogP contribution in [0, 0.1) is 6.92 Å². The highest BCUT2D eigenvalue weighted by molar-refractivity contribution is 5.96. The Morgan fingerprint density at radius 1 is 1.12 bits per heavy atom. The zero-order valence-corrected chi connectivity index (χ0v) is 14.7. The van der Waals surface area contributed by atoms with Gasteiger partial charge in [-0.1, -0.05) is 29.8 Å². The van der Waals surface area contributed by atoms with Crippen LogP contribution >= 0.6 is 0 Å². The molecule has 2 aromatic rings. The average molecular weight is 337 g/mol. The largest absolute Gasteiger partial charge is 0.323 e. The van der Waals surface area contributed by atoms with Crippen molar-refractivity contribution in [2.24, 2.45) is 0 Å². The number of anilines is 2. The molecule has 2 aromatic carbocycles. The number of benzene rings is 2. The lowest BCUT2D eigenvalue weighted by Gasteiger charge is -2.19. The van der Waals surface area contributed by atoms with Crippen molar-refractivity contribution in [2.75, 3.05) is 23.8 Å². The van der Waals surface area contributed by atoms with E-state index >= 15 is 0 Å². The van der Waals surface area contributed by atoms with Crippen molar-refractivity contribution in [3.8, 4) is 0 Å². The maximum Gasteiger partial charge on any atom is 0.321 e. The van der Waals surface area contributed by atoms with Gasteiger partial charge in [-0.25, -0.2) is 4.79 Å². The number of urea groups is 1. The van der Waals surface area contributed by atoms with Crippen LogP contribution in [-0.2, 0) is 11.3 Å². The third kappa shape index (κ3) is 4.18. The Hall–Kier alpha value is -2.82. The fourth-order valence-corrected chi connectivity index (χ4v) is 2.90. The number of hydrogen-bond donors (Lipinski definition) is 1. The van der Waals surface area contributed by atoms with Crippen LogP contribution in [0.2, 0.25) is 0 Å². The summed E-state index contributed by atoms with van der Waals surface area (Å²) in [6.45, 7) is 3.36. The first-order valence-corrected chi connectivity index (χ1v) is 8.51. The molecule has 1 fully saturated rings. The zero-order chi connectivity index (χ0) is 17.8. The maximum absolute atomic E-state index is 12.3. The number of amides is 3. The highest BCUT2D eigenvalue weighted by Gasteiger charge is 2.21. The fraction of sp³-hybridized carbons (Fsp3) is 0.300. The molecule has 0 saturated carbocycles. The van der Waals surface area contributed by atoms with Gasteiger partial charge < -0.3 is 15.1 Å². The maximum atomic E-state index is 12.3. The molecule has 0 unspecified atom stereocenters. The normalized spacial score (nSPS) is 13.8. The van der Waals surface area contributed by atoms with E-state index in [1.54, 1.807) is 16.8 Å². The Labute approximate surface area is 148 Å². The lowest BCUT2D eigenvalue weighted by atomic mass is 10.1. The average Bonchev–Trinajstić information content (AvgIpc) is 3.03. The fourth-order valence-electron chi connectivity index (χ4n) is 2.90. The number of hydrogen-bond acceptors (Lipinski definition) is 2. The first-order valence-electron chi connectivity index (χ1n) is 8.51. The molecule has 0 spiro atoms. The molecule has 1 aliphatic rings. The molecule has 3 rings (SSSR count). The lowest BCUT2D eigenvalue weighted by Crippen LogP contribution is -2.30. The van der Waals surface area contributed by atoms with Gasteiger partial charge in [0.1, 0.15) is 0 Å². The Morgan fingerprint density at radius 3 is 2.40 bits per heavy atom. The molecule has 1 N–H and O–H groups in total. The van der Waals surface area contributed by atoms with Crippen molar-refractivity contribution in [1.82, 2.24) is 4.90 Å². The summed E-state index contributed by atoms with van der Waals surface area (Å²) < 4.78 is 0. The van der Waals surface area contributed by atoms with Crippen LogP contribution in [0.15, 0.2) is 48.5 Å². The van der Waals surface area contributed by atoms with Crippen LogP contribution in [0.4, 0.5) is 16.2 Å². The number of carbonyl (C=O) groups is 2.